The maximum Gasteiger partial charge on any atom is 0.303 e. The molecule has 104 valence electrons. The third-order valence-corrected chi connectivity index (χ3v) is 3.58. The van der Waals surface area contributed by atoms with Crippen LogP contribution in [0.4, 0.5) is 0 Å². The number of carboxylic acids is 1. The molecule has 1 unspecified atom stereocenters. The summed E-state index contributed by atoms with van der Waals surface area (Å²) in [6, 6.07) is 5.60. The maximum atomic E-state index is 12.1. The van der Waals surface area contributed by atoms with E-state index in [1.54, 1.807) is 11.8 Å². The second-order valence-electron chi connectivity index (χ2n) is 4.49. The van der Waals surface area contributed by atoms with Crippen LogP contribution in [0.15, 0.2) is 23.1 Å². The van der Waals surface area contributed by atoms with Crippen molar-refractivity contribution in [1.82, 2.24) is 5.32 Å². The molecule has 2 N–H and O–H groups in total. The third kappa shape index (κ3) is 4.95. The number of carbonyl (C=O) groups excluding carboxylic acids is 1. The van der Waals surface area contributed by atoms with Crippen molar-refractivity contribution in [2.24, 2.45) is 0 Å². The number of carboxylic acid groups (broad SMARTS) is 1. The van der Waals surface area contributed by atoms with E-state index in [0.717, 1.165) is 10.5 Å². The Morgan fingerprint density at radius 2 is 2.11 bits per heavy atom. The lowest BCUT2D eigenvalue weighted by molar-refractivity contribution is -0.137. The summed E-state index contributed by atoms with van der Waals surface area (Å²) in [7, 11) is 0. The molecular formula is C14H19NO3S. The van der Waals surface area contributed by atoms with Crippen LogP contribution in [0.2, 0.25) is 0 Å². The predicted octanol–water partition coefficient (Wildman–Crippen LogP) is 2.70. The molecule has 4 nitrogen and oxygen atoms in total. The van der Waals surface area contributed by atoms with Crippen molar-refractivity contribution in [1.29, 1.82) is 0 Å². The number of aryl methyl sites for hydroxylation is 1. The van der Waals surface area contributed by atoms with E-state index in [2.05, 4.69) is 5.32 Å². The van der Waals surface area contributed by atoms with Gasteiger partial charge in [0, 0.05) is 22.9 Å². The van der Waals surface area contributed by atoms with Crippen LogP contribution in [0.5, 0.6) is 0 Å². The summed E-state index contributed by atoms with van der Waals surface area (Å²) in [6.45, 7) is 3.70. The minimum atomic E-state index is -0.846. The summed E-state index contributed by atoms with van der Waals surface area (Å²) < 4.78 is 0. The van der Waals surface area contributed by atoms with E-state index >= 15 is 0 Å². The molecule has 0 saturated heterocycles. The van der Waals surface area contributed by atoms with Crippen LogP contribution in [-0.2, 0) is 4.79 Å². The van der Waals surface area contributed by atoms with E-state index in [9.17, 15) is 9.59 Å². The Morgan fingerprint density at radius 3 is 2.68 bits per heavy atom. The largest absolute Gasteiger partial charge is 0.481 e. The van der Waals surface area contributed by atoms with Crippen LogP contribution >= 0.6 is 11.8 Å². The number of benzene rings is 1. The fourth-order valence-electron chi connectivity index (χ4n) is 1.69. The first-order valence-electron chi connectivity index (χ1n) is 6.11. The molecule has 0 bridgehead atoms. The zero-order valence-corrected chi connectivity index (χ0v) is 12.2. The number of rotatable bonds is 6. The Balaban J connectivity index is 2.69. The van der Waals surface area contributed by atoms with Crippen LogP contribution in [0, 0.1) is 6.92 Å². The van der Waals surface area contributed by atoms with Crippen LogP contribution in [0.1, 0.15) is 35.7 Å². The first-order chi connectivity index (χ1) is 8.93. The van der Waals surface area contributed by atoms with Crippen molar-refractivity contribution in [2.75, 3.05) is 6.26 Å². The highest BCUT2D eigenvalue weighted by Crippen LogP contribution is 2.19. The van der Waals surface area contributed by atoms with Crippen LogP contribution < -0.4 is 5.32 Å². The van der Waals surface area contributed by atoms with E-state index in [1.807, 2.05) is 38.3 Å². The molecule has 0 aliphatic rings. The predicted molar refractivity (Wildman–Crippen MR) is 76.8 cm³/mol. The molecule has 19 heavy (non-hydrogen) atoms. The van der Waals surface area contributed by atoms with Crippen molar-refractivity contribution in [3.63, 3.8) is 0 Å². The molecule has 0 fully saturated rings. The van der Waals surface area contributed by atoms with Gasteiger partial charge in [0.1, 0.15) is 0 Å². The van der Waals surface area contributed by atoms with Gasteiger partial charge in [0.25, 0.3) is 5.91 Å². The zero-order chi connectivity index (χ0) is 14.4. The van der Waals surface area contributed by atoms with Gasteiger partial charge >= 0.3 is 5.97 Å². The van der Waals surface area contributed by atoms with Gasteiger partial charge in [0.15, 0.2) is 0 Å². The van der Waals surface area contributed by atoms with E-state index < -0.39 is 5.97 Å². The smallest absolute Gasteiger partial charge is 0.303 e. The zero-order valence-electron chi connectivity index (χ0n) is 11.4. The second kappa shape index (κ2) is 7.19. The van der Waals surface area contributed by atoms with Crippen molar-refractivity contribution in [3.05, 3.63) is 29.3 Å². The van der Waals surface area contributed by atoms with Gasteiger partial charge in [0.05, 0.1) is 0 Å². The molecule has 1 amide bonds. The van der Waals surface area contributed by atoms with E-state index in [0.29, 0.717) is 12.0 Å². The van der Waals surface area contributed by atoms with Gasteiger partial charge in [0.2, 0.25) is 0 Å². The average Bonchev–Trinajstić information content (AvgIpc) is 2.36. The monoisotopic (exact) mass is 281 g/mol. The van der Waals surface area contributed by atoms with Gasteiger partial charge < -0.3 is 10.4 Å². The molecule has 0 aliphatic carbocycles. The van der Waals surface area contributed by atoms with Gasteiger partial charge in [-0.25, -0.2) is 0 Å². The molecule has 0 heterocycles. The highest BCUT2D eigenvalue weighted by atomic mass is 32.2. The number of nitrogens with one attached hydrogen (secondary N) is 1. The second-order valence-corrected chi connectivity index (χ2v) is 5.37. The summed E-state index contributed by atoms with van der Waals surface area (Å²) in [5.41, 5.74) is 1.56. The Labute approximate surface area is 117 Å². The summed E-state index contributed by atoms with van der Waals surface area (Å²) >= 11 is 1.58. The number of hydrogen-bond acceptors (Lipinski definition) is 3. The van der Waals surface area contributed by atoms with Crippen LogP contribution in [-0.4, -0.2) is 29.3 Å². The number of thioether (sulfide) groups is 1. The minimum absolute atomic E-state index is 0.0608. The first kappa shape index (κ1) is 15.6. The number of carbonyl (C=O) groups is 2. The third-order valence-electron chi connectivity index (χ3n) is 2.86. The molecule has 0 radical (unpaired) electrons. The summed E-state index contributed by atoms with van der Waals surface area (Å²) in [4.78, 5) is 23.6. The topological polar surface area (TPSA) is 66.4 Å². The Bertz CT molecular complexity index is 474. The van der Waals surface area contributed by atoms with Gasteiger partial charge in [-0.05, 0) is 44.2 Å². The first-order valence-corrected chi connectivity index (χ1v) is 7.33. The van der Waals surface area contributed by atoms with Crippen LogP contribution in [0.3, 0.4) is 0 Å². The molecular weight excluding hydrogens is 262 g/mol. The van der Waals surface area contributed by atoms with Gasteiger partial charge in [-0.1, -0.05) is 6.07 Å². The van der Waals surface area contributed by atoms with Gasteiger partial charge in [-0.2, -0.15) is 0 Å². The standard InChI is InChI=1S/C14H19NO3S/c1-9-4-6-11(19-3)8-12(9)14(18)15-10(2)5-7-13(16)17/h4,6,8,10H,5,7H2,1-3H3,(H,15,18)(H,16,17). The molecule has 1 atom stereocenters. The summed E-state index contributed by atoms with van der Waals surface area (Å²) in [6.07, 6.45) is 2.45. The SMILES string of the molecule is CSc1ccc(C)c(C(=O)NC(C)CCC(=O)O)c1. The average molecular weight is 281 g/mol. The molecule has 0 aliphatic heterocycles. The molecule has 0 aromatic heterocycles. The Hall–Kier alpha value is -1.49. The lowest BCUT2D eigenvalue weighted by Gasteiger charge is -2.14. The Kier molecular flexibility index (Phi) is 5.89. The lowest BCUT2D eigenvalue weighted by Crippen LogP contribution is -2.33. The normalized spacial score (nSPS) is 11.9. The maximum absolute atomic E-state index is 12.1. The molecule has 0 spiro atoms. The van der Waals surface area contributed by atoms with Gasteiger partial charge in [-0.15, -0.1) is 11.8 Å². The quantitative estimate of drug-likeness (QED) is 0.787. The molecule has 1 rings (SSSR count). The number of hydrogen-bond donors (Lipinski definition) is 2. The Morgan fingerprint density at radius 1 is 1.42 bits per heavy atom. The minimum Gasteiger partial charge on any atom is -0.481 e. The van der Waals surface area contributed by atoms with Crippen molar-refractivity contribution in [2.45, 2.75) is 37.6 Å². The van der Waals surface area contributed by atoms with E-state index in [1.165, 1.54) is 0 Å². The summed E-state index contributed by atoms with van der Waals surface area (Å²) in [5, 5.41) is 11.4. The van der Waals surface area contributed by atoms with E-state index in [4.69, 9.17) is 5.11 Å². The number of amides is 1. The fraction of sp³-hybridized carbons (Fsp3) is 0.429. The van der Waals surface area contributed by atoms with Crippen molar-refractivity contribution < 1.29 is 14.7 Å². The van der Waals surface area contributed by atoms with Crippen LogP contribution in [0.25, 0.3) is 0 Å². The molecule has 5 heteroatoms. The lowest BCUT2D eigenvalue weighted by atomic mass is 10.1. The molecule has 1 aromatic carbocycles. The highest BCUT2D eigenvalue weighted by molar-refractivity contribution is 7.98. The van der Waals surface area contributed by atoms with Gasteiger partial charge in [-0.3, -0.25) is 9.59 Å². The van der Waals surface area contributed by atoms with Crippen molar-refractivity contribution in [3.8, 4) is 0 Å². The van der Waals surface area contributed by atoms with Crippen molar-refractivity contribution >= 4 is 23.6 Å². The summed E-state index contributed by atoms with van der Waals surface area (Å²) in [5.74, 6) is -0.993. The van der Waals surface area contributed by atoms with E-state index in [-0.39, 0.29) is 18.4 Å². The number of aliphatic carboxylic acids is 1. The molecule has 1 aromatic rings. The molecule has 0 saturated carbocycles. The highest BCUT2D eigenvalue weighted by Gasteiger charge is 2.13. The fourth-order valence-corrected chi connectivity index (χ4v) is 2.13.